The van der Waals surface area contributed by atoms with Crippen molar-refractivity contribution >= 4 is 12.2 Å². The number of rotatable bonds is 7. The number of nitrogens with zero attached hydrogens (tertiary/aromatic N) is 3. The molecule has 0 spiro atoms. The van der Waals surface area contributed by atoms with Crippen LogP contribution in [0, 0.1) is 12.7 Å². The molecule has 0 fully saturated rings. The minimum absolute atomic E-state index is 0.0744. The van der Waals surface area contributed by atoms with Gasteiger partial charge in [0.15, 0.2) is 6.29 Å². The summed E-state index contributed by atoms with van der Waals surface area (Å²) in [6.45, 7) is 9.28. The molecule has 0 N–H and O–H groups in total. The zero-order valence-electron chi connectivity index (χ0n) is 18.6. The van der Waals surface area contributed by atoms with E-state index in [9.17, 15) is 9.59 Å². The van der Waals surface area contributed by atoms with Crippen LogP contribution >= 0.6 is 0 Å². The number of halogens is 1. The van der Waals surface area contributed by atoms with Crippen molar-refractivity contribution in [2.24, 2.45) is 0 Å². The molecule has 1 heterocycles. The number of hydrogen-bond donors (Lipinski definition) is 0. The summed E-state index contributed by atoms with van der Waals surface area (Å²) < 4.78 is 16.8. The van der Waals surface area contributed by atoms with Gasteiger partial charge >= 0.3 is 0 Å². The molecule has 0 saturated carbocycles. The van der Waals surface area contributed by atoms with Gasteiger partial charge in [-0.05, 0) is 82.0 Å². The van der Waals surface area contributed by atoms with Crippen molar-refractivity contribution in [1.29, 1.82) is 0 Å². The highest BCUT2D eigenvalue weighted by Gasteiger charge is 2.27. The number of carbonyl (C=O) groups excluding carboxylic acids is 2. The van der Waals surface area contributed by atoms with Crippen LogP contribution in [0.5, 0.6) is 0 Å². The molecule has 0 saturated heterocycles. The first-order valence-electron chi connectivity index (χ1n) is 10.4. The lowest BCUT2D eigenvalue weighted by molar-refractivity contribution is 0.0640. The van der Waals surface area contributed by atoms with E-state index in [1.807, 2.05) is 64.2 Å². The highest BCUT2D eigenvalue weighted by atomic mass is 19.1. The van der Waals surface area contributed by atoms with Crippen LogP contribution in [-0.4, -0.2) is 39.0 Å². The van der Waals surface area contributed by atoms with Gasteiger partial charge in [-0.3, -0.25) is 9.59 Å². The van der Waals surface area contributed by atoms with Crippen LogP contribution in [0.15, 0.2) is 48.8 Å². The smallest absolute Gasteiger partial charge is 0.255 e. The van der Waals surface area contributed by atoms with Gasteiger partial charge in [0, 0.05) is 24.5 Å². The minimum Gasteiger partial charge on any atom is -0.334 e. The fourth-order valence-corrected chi connectivity index (χ4v) is 3.91. The van der Waals surface area contributed by atoms with Gasteiger partial charge in [-0.25, -0.2) is 9.07 Å². The van der Waals surface area contributed by atoms with Crippen LogP contribution in [0.2, 0.25) is 0 Å². The summed E-state index contributed by atoms with van der Waals surface area (Å²) in [6.07, 6.45) is 4.46. The summed E-state index contributed by atoms with van der Waals surface area (Å²) in [5, 5.41) is 4.21. The highest BCUT2D eigenvalue weighted by Crippen LogP contribution is 2.26. The number of aromatic nitrogens is 2. The maximum Gasteiger partial charge on any atom is 0.255 e. The van der Waals surface area contributed by atoms with Crippen LogP contribution in [-0.2, 0) is 6.42 Å². The zero-order valence-corrected chi connectivity index (χ0v) is 18.6. The maximum absolute atomic E-state index is 15.1. The van der Waals surface area contributed by atoms with Crippen LogP contribution in [0.4, 0.5) is 4.39 Å². The summed E-state index contributed by atoms with van der Waals surface area (Å²) in [5.41, 5.74) is 2.91. The van der Waals surface area contributed by atoms with E-state index in [4.69, 9.17) is 0 Å². The van der Waals surface area contributed by atoms with Crippen molar-refractivity contribution in [1.82, 2.24) is 14.7 Å². The van der Waals surface area contributed by atoms with Gasteiger partial charge in [0.1, 0.15) is 5.82 Å². The Kier molecular flexibility index (Phi) is 6.68. The summed E-state index contributed by atoms with van der Waals surface area (Å²) >= 11 is 0. The van der Waals surface area contributed by atoms with Crippen molar-refractivity contribution < 1.29 is 14.0 Å². The molecule has 31 heavy (non-hydrogen) atoms. The topological polar surface area (TPSA) is 55.2 Å². The zero-order chi connectivity index (χ0) is 22.7. The number of hydrogen-bond acceptors (Lipinski definition) is 3. The third kappa shape index (κ3) is 4.58. The molecule has 0 unspecified atom stereocenters. The first-order valence-corrected chi connectivity index (χ1v) is 10.4. The number of benzene rings is 2. The predicted molar refractivity (Wildman–Crippen MR) is 119 cm³/mol. The molecular weight excluding hydrogens is 393 g/mol. The summed E-state index contributed by atoms with van der Waals surface area (Å²) in [7, 11) is 0. The average molecular weight is 422 g/mol. The molecule has 3 aromatic rings. The second-order valence-corrected chi connectivity index (χ2v) is 8.25. The quantitative estimate of drug-likeness (QED) is 0.506. The molecule has 162 valence electrons. The van der Waals surface area contributed by atoms with E-state index >= 15 is 4.39 Å². The van der Waals surface area contributed by atoms with Gasteiger partial charge in [0.2, 0.25) is 0 Å². The maximum atomic E-state index is 15.1. The Morgan fingerprint density at radius 3 is 2.32 bits per heavy atom. The molecule has 6 heteroatoms. The largest absolute Gasteiger partial charge is 0.334 e. The monoisotopic (exact) mass is 421 g/mol. The predicted octanol–water partition coefficient (Wildman–Crippen LogP) is 4.98. The molecule has 3 rings (SSSR count). The van der Waals surface area contributed by atoms with Gasteiger partial charge in [0.25, 0.3) is 5.91 Å². The molecule has 5 nitrogen and oxygen atoms in total. The van der Waals surface area contributed by atoms with Crippen molar-refractivity contribution in [3.63, 3.8) is 0 Å². The lowest BCUT2D eigenvalue weighted by Crippen LogP contribution is -2.42. The van der Waals surface area contributed by atoms with E-state index < -0.39 is 5.82 Å². The Morgan fingerprint density at radius 2 is 1.81 bits per heavy atom. The number of aldehydes is 1. The van der Waals surface area contributed by atoms with E-state index in [1.165, 1.54) is 0 Å². The molecule has 2 aromatic carbocycles. The molecule has 0 bridgehead atoms. The lowest BCUT2D eigenvalue weighted by atomic mass is 9.93. The lowest BCUT2D eigenvalue weighted by Gasteiger charge is -2.31. The first-order chi connectivity index (χ1) is 14.7. The van der Waals surface area contributed by atoms with Gasteiger partial charge in [-0.15, -0.1) is 0 Å². The fourth-order valence-electron chi connectivity index (χ4n) is 3.91. The normalized spacial score (nSPS) is 11.2. The Labute approximate surface area is 182 Å². The minimum atomic E-state index is -0.628. The highest BCUT2D eigenvalue weighted by molar-refractivity contribution is 6.02. The van der Waals surface area contributed by atoms with Gasteiger partial charge < -0.3 is 4.90 Å². The standard InChI is InChI=1S/C25H28FN3O2/c1-16(2)29(17(3)4)25(31)22-14-20(18(5)24(26)23(22)15-30)13-19-7-9-21(10-8-19)28-12-6-11-27-28/h6-12,14-17H,13H2,1-5H3. The van der Waals surface area contributed by atoms with Crippen molar-refractivity contribution in [2.45, 2.75) is 53.1 Å². The van der Waals surface area contributed by atoms with E-state index in [0.29, 0.717) is 23.8 Å². The van der Waals surface area contributed by atoms with Gasteiger partial charge in [-0.2, -0.15) is 5.10 Å². The van der Waals surface area contributed by atoms with Crippen LogP contribution in [0.3, 0.4) is 0 Å². The van der Waals surface area contributed by atoms with Gasteiger partial charge in [0.05, 0.1) is 16.8 Å². The third-order valence-electron chi connectivity index (χ3n) is 5.45. The molecule has 0 aliphatic rings. The van der Waals surface area contributed by atoms with Crippen molar-refractivity contribution in [2.75, 3.05) is 0 Å². The molecule has 1 aromatic heterocycles. The molecule has 0 aliphatic heterocycles. The van der Waals surface area contributed by atoms with E-state index in [-0.39, 0.29) is 29.1 Å². The second-order valence-electron chi connectivity index (χ2n) is 8.25. The Hall–Kier alpha value is -3.28. The second kappa shape index (κ2) is 9.25. The Balaban J connectivity index is 1.99. The van der Waals surface area contributed by atoms with Crippen molar-refractivity contribution in [3.8, 4) is 5.69 Å². The van der Waals surface area contributed by atoms with Crippen molar-refractivity contribution in [3.05, 3.63) is 82.4 Å². The summed E-state index contributed by atoms with van der Waals surface area (Å²) in [4.78, 5) is 26.6. The Bertz CT molecular complexity index is 1060. The first kappa shape index (κ1) is 22.4. The molecule has 0 atom stereocenters. The Morgan fingerprint density at radius 1 is 1.16 bits per heavy atom. The number of amides is 1. The number of carbonyl (C=O) groups is 2. The summed E-state index contributed by atoms with van der Waals surface area (Å²) in [5.74, 6) is -0.960. The van der Waals surface area contributed by atoms with E-state index in [1.54, 1.807) is 28.8 Å². The van der Waals surface area contributed by atoms with E-state index in [2.05, 4.69) is 5.10 Å². The molecule has 1 amide bonds. The fraction of sp³-hybridized carbons (Fsp3) is 0.320. The molecular formula is C25H28FN3O2. The SMILES string of the molecule is Cc1c(Cc2ccc(-n3cccn3)cc2)cc(C(=O)N(C(C)C)C(C)C)c(C=O)c1F. The molecule has 0 radical (unpaired) electrons. The summed E-state index contributed by atoms with van der Waals surface area (Å²) in [6, 6.07) is 11.2. The van der Waals surface area contributed by atoms with Crippen LogP contribution in [0.1, 0.15) is 65.1 Å². The average Bonchev–Trinajstić information content (AvgIpc) is 3.26. The molecule has 0 aliphatic carbocycles. The van der Waals surface area contributed by atoms with Gasteiger partial charge in [-0.1, -0.05) is 12.1 Å². The van der Waals surface area contributed by atoms with Crippen LogP contribution in [0.25, 0.3) is 5.69 Å². The van der Waals surface area contributed by atoms with E-state index in [0.717, 1.165) is 11.3 Å². The van der Waals surface area contributed by atoms with Crippen LogP contribution < -0.4 is 0 Å². The third-order valence-corrected chi connectivity index (χ3v) is 5.45.